The minimum atomic E-state index is -0.267. The van der Waals surface area contributed by atoms with Crippen LogP contribution in [0, 0.1) is 18.3 Å². The van der Waals surface area contributed by atoms with Crippen molar-refractivity contribution in [3.05, 3.63) is 22.4 Å². The lowest BCUT2D eigenvalue weighted by atomic mass is 9.88. The van der Waals surface area contributed by atoms with Crippen LogP contribution in [0.1, 0.15) is 55.5 Å². The van der Waals surface area contributed by atoms with Crippen LogP contribution in [0.5, 0.6) is 0 Å². The van der Waals surface area contributed by atoms with Gasteiger partial charge in [-0.05, 0) is 45.6 Å². The second kappa shape index (κ2) is 8.52. The molecule has 0 bridgehead atoms. The molecular formula is C23H33N5O2. The fourth-order valence-corrected chi connectivity index (χ4v) is 4.82. The quantitative estimate of drug-likeness (QED) is 0.760. The summed E-state index contributed by atoms with van der Waals surface area (Å²) >= 11 is 0. The van der Waals surface area contributed by atoms with Crippen molar-refractivity contribution in [2.45, 2.75) is 58.7 Å². The SMILES string of the molecule is Cc1nc(N2CCN(CC(=O)N3CCCCC3)CC2)c(C#N)c2c1COC(C)(C)C2. The number of nitriles is 1. The number of nitrogens with zero attached hydrogens (tertiary/aromatic N) is 5. The average Bonchev–Trinajstić information content (AvgIpc) is 2.74. The number of ether oxygens (including phenoxy) is 1. The van der Waals surface area contributed by atoms with Crippen molar-refractivity contribution in [1.29, 1.82) is 5.26 Å². The van der Waals surface area contributed by atoms with Gasteiger partial charge in [-0.25, -0.2) is 4.98 Å². The van der Waals surface area contributed by atoms with Crippen molar-refractivity contribution in [1.82, 2.24) is 14.8 Å². The van der Waals surface area contributed by atoms with Gasteiger partial charge < -0.3 is 14.5 Å². The lowest BCUT2D eigenvalue weighted by molar-refractivity contribution is -0.133. The van der Waals surface area contributed by atoms with E-state index in [1.54, 1.807) is 0 Å². The molecule has 3 aliphatic rings. The van der Waals surface area contributed by atoms with Crippen molar-refractivity contribution in [2.75, 3.05) is 50.7 Å². The summed E-state index contributed by atoms with van der Waals surface area (Å²) in [6.45, 7) is 12.2. The van der Waals surface area contributed by atoms with Gasteiger partial charge in [-0.15, -0.1) is 0 Å². The Bertz CT molecular complexity index is 846. The molecule has 0 N–H and O–H groups in total. The van der Waals surface area contributed by atoms with E-state index < -0.39 is 0 Å². The fraction of sp³-hybridized carbons (Fsp3) is 0.696. The Morgan fingerprint density at radius 3 is 2.47 bits per heavy atom. The van der Waals surface area contributed by atoms with E-state index in [0.29, 0.717) is 18.7 Å². The van der Waals surface area contributed by atoms with Crippen LogP contribution < -0.4 is 4.90 Å². The van der Waals surface area contributed by atoms with Crippen molar-refractivity contribution in [3.8, 4) is 6.07 Å². The molecule has 7 heteroatoms. The molecule has 4 rings (SSSR count). The molecule has 0 unspecified atom stereocenters. The maximum atomic E-state index is 12.6. The zero-order valence-electron chi connectivity index (χ0n) is 18.5. The van der Waals surface area contributed by atoms with Crippen LogP contribution in [-0.2, 0) is 22.6 Å². The smallest absolute Gasteiger partial charge is 0.236 e. The number of rotatable bonds is 3. The molecule has 0 spiro atoms. The van der Waals surface area contributed by atoms with Gasteiger partial charge in [0.1, 0.15) is 11.9 Å². The van der Waals surface area contributed by atoms with Crippen LogP contribution in [0.25, 0.3) is 0 Å². The van der Waals surface area contributed by atoms with E-state index in [-0.39, 0.29) is 11.5 Å². The summed E-state index contributed by atoms with van der Waals surface area (Å²) in [4.78, 5) is 23.9. The maximum Gasteiger partial charge on any atom is 0.236 e. The van der Waals surface area contributed by atoms with Crippen molar-refractivity contribution < 1.29 is 9.53 Å². The zero-order valence-corrected chi connectivity index (χ0v) is 18.5. The monoisotopic (exact) mass is 411 g/mol. The Hall–Kier alpha value is -2.17. The molecule has 1 aromatic heterocycles. The average molecular weight is 412 g/mol. The molecule has 0 atom stereocenters. The van der Waals surface area contributed by atoms with E-state index >= 15 is 0 Å². The number of aromatic nitrogens is 1. The lowest BCUT2D eigenvalue weighted by Crippen LogP contribution is -2.51. The summed E-state index contributed by atoms with van der Waals surface area (Å²) in [6, 6.07) is 2.44. The van der Waals surface area contributed by atoms with Gasteiger partial charge in [0.05, 0.1) is 24.3 Å². The van der Waals surface area contributed by atoms with Crippen LogP contribution in [-0.4, -0.2) is 72.1 Å². The molecule has 4 heterocycles. The third-order valence-corrected chi connectivity index (χ3v) is 6.66. The first kappa shape index (κ1) is 21.1. The van der Waals surface area contributed by atoms with Crippen LogP contribution in [0.2, 0.25) is 0 Å². The summed E-state index contributed by atoms with van der Waals surface area (Å²) in [5.74, 6) is 1.05. The highest BCUT2D eigenvalue weighted by atomic mass is 16.5. The van der Waals surface area contributed by atoms with Crippen LogP contribution in [0.15, 0.2) is 0 Å². The molecule has 0 aliphatic carbocycles. The number of hydrogen-bond acceptors (Lipinski definition) is 6. The highest BCUT2D eigenvalue weighted by Gasteiger charge is 2.33. The van der Waals surface area contributed by atoms with Gasteiger partial charge >= 0.3 is 0 Å². The Balaban J connectivity index is 1.45. The molecule has 0 radical (unpaired) electrons. The molecule has 162 valence electrons. The van der Waals surface area contributed by atoms with E-state index in [2.05, 4.69) is 29.7 Å². The van der Waals surface area contributed by atoms with Crippen LogP contribution in [0.3, 0.4) is 0 Å². The van der Waals surface area contributed by atoms with Crippen molar-refractivity contribution in [2.24, 2.45) is 0 Å². The van der Waals surface area contributed by atoms with Crippen molar-refractivity contribution >= 4 is 11.7 Å². The van der Waals surface area contributed by atoms with Gasteiger partial charge in [0.25, 0.3) is 0 Å². The second-order valence-electron chi connectivity index (χ2n) is 9.39. The highest BCUT2D eigenvalue weighted by molar-refractivity contribution is 5.78. The Morgan fingerprint density at radius 2 is 1.80 bits per heavy atom. The number of pyridine rings is 1. The van der Waals surface area contributed by atoms with E-state index in [4.69, 9.17) is 9.72 Å². The predicted molar refractivity (Wildman–Crippen MR) is 115 cm³/mol. The standard InChI is InChI=1S/C23H33N5O2/c1-17-20-16-30-23(2,3)13-18(20)19(14-24)22(25-17)28-11-9-26(10-12-28)15-21(29)27-7-5-4-6-8-27/h4-13,15-16H2,1-3H3. The van der Waals surface area contributed by atoms with E-state index in [9.17, 15) is 10.1 Å². The molecule has 1 aromatic rings. The van der Waals surface area contributed by atoms with Crippen LogP contribution >= 0.6 is 0 Å². The Labute approximate surface area is 179 Å². The van der Waals surface area contributed by atoms with Gasteiger partial charge in [-0.1, -0.05) is 0 Å². The number of carbonyl (C=O) groups is 1. The molecular weight excluding hydrogens is 378 g/mol. The first-order valence-corrected chi connectivity index (χ1v) is 11.2. The second-order valence-corrected chi connectivity index (χ2v) is 9.39. The van der Waals surface area contributed by atoms with Crippen LogP contribution in [0.4, 0.5) is 5.82 Å². The number of likely N-dealkylation sites (tertiary alicyclic amines) is 1. The molecule has 0 saturated carbocycles. The number of piperazine rings is 1. The summed E-state index contributed by atoms with van der Waals surface area (Å²) in [7, 11) is 0. The topological polar surface area (TPSA) is 72.7 Å². The molecule has 0 aromatic carbocycles. The first-order valence-electron chi connectivity index (χ1n) is 11.2. The summed E-state index contributed by atoms with van der Waals surface area (Å²) < 4.78 is 5.95. The number of fused-ring (bicyclic) bond motifs is 1. The lowest BCUT2D eigenvalue weighted by Gasteiger charge is -2.38. The minimum Gasteiger partial charge on any atom is -0.370 e. The summed E-state index contributed by atoms with van der Waals surface area (Å²) in [5.41, 5.74) is 3.55. The molecule has 30 heavy (non-hydrogen) atoms. The maximum absolute atomic E-state index is 12.6. The van der Waals surface area contributed by atoms with Gasteiger partial charge in [-0.2, -0.15) is 5.26 Å². The molecule has 3 aliphatic heterocycles. The third-order valence-electron chi connectivity index (χ3n) is 6.66. The third kappa shape index (κ3) is 4.30. The number of carbonyl (C=O) groups excluding carboxylic acids is 1. The van der Waals surface area contributed by atoms with Crippen molar-refractivity contribution in [3.63, 3.8) is 0 Å². The predicted octanol–water partition coefficient (Wildman–Crippen LogP) is 2.25. The Kier molecular flexibility index (Phi) is 5.99. The summed E-state index contributed by atoms with van der Waals surface area (Å²) in [6.07, 6.45) is 4.22. The van der Waals surface area contributed by atoms with E-state index in [1.165, 1.54) is 6.42 Å². The van der Waals surface area contributed by atoms with E-state index in [1.807, 2.05) is 11.8 Å². The van der Waals surface area contributed by atoms with E-state index in [0.717, 1.165) is 81.2 Å². The van der Waals surface area contributed by atoms with Gasteiger partial charge in [0, 0.05) is 56.9 Å². The molecule has 7 nitrogen and oxygen atoms in total. The molecule has 2 fully saturated rings. The van der Waals surface area contributed by atoms with Gasteiger partial charge in [0.2, 0.25) is 5.91 Å². The number of amides is 1. The largest absolute Gasteiger partial charge is 0.370 e. The first-order chi connectivity index (χ1) is 14.4. The Morgan fingerprint density at radius 1 is 1.10 bits per heavy atom. The minimum absolute atomic E-state index is 0.255. The number of hydrogen-bond donors (Lipinski definition) is 0. The normalized spacial score (nSPS) is 21.8. The molecule has 1 amide bonds. The van der Waals surface area contributed by atoms with Gasteiger partial charge in [-0.3, -0.25) is 9.69 Å². The highest BCUT2D eigenvalue weighted by Crippen LogP contribution is 2.35. The number of piperidine rings is 1. The number of aryl methyl sites for hydroxylation is 1. The zero-order chi connectivity index (χ0) is 21.3. The molecule has 2 saturated heterocycles. The fourth-order valence-electron chi connectivity index (χ4n) is 4.82. The summed E-state index contributed by atoms with van der Waals surface area (Å²) in [5, 5.41) is 9.96. The van der Waals surface area contributed by atoms with Gasteiger partial charge in [0.15, 0.2) is 0 Å². The number of anilines is 1.